The molecular weight excluding hydrogens is 258 g/mol. The summed E-state index contributed by atoms with van der Waals surface area (Å²) in [6.45, 7) is 11.4. The zero-order valence-electron chi connectivity index (χ0n) is 13.9. The highest BCUT2D eigenvalue weighted by Crippen LogP contribution is 2.20. The molecule has 21 heavy (non-hydrogen) atoms. The summed E-state index contributed by atoms with van der Waals surface area (Å²) in [5.41, 5.74) is 2.22. The van der Waals surface area contributed by atoms with Gasteiger partial charge in [-0.05, 0) is 58.2 Å². The molecule has 0 fully saturated rings. The molecular formula is C18H29N3. The average molecular weight is 287 g/mol. The van der Waals surface area contributed by atoms with Crippen LogP contribution in [0.2, 0.25) is 0 Å². The van der Waals surface area contributed by atoms with Crippen molar-refractivity contribution in [1.29, 1.82) is 5.26 Å². The van der Waals surface area contributed by atoms with E-state index >= 15 is 0 Å². The Morgan fingerprint density at radius 2 is 2.00 bits per heavy atom. The zero-order valence-corrected chi connectivity index (χ0v) is 13.9. The lowest BCUT2D eigenvalue weighted by Crippen LogP contribution is -2.42. The van der Waals surface area contributed by atoms with E-state index in [0.29, 0.717) is 0 Å². The predicted molar refractivity (Wildman–Crippen MR) is 90.6 cm³/mol. The second-order valence-electron chi connectivity index (χ2n) is 5.84. The van der Waals surface area contributed by atoms with Crippen LogP contribution in [-0.2, 0) is 0 Å². The fraction of sp³-hybridized carbons (Fsp3) is 0.611. The lowest BCUT2D eigenvalue weighted by atomic mass is 9.97. The summed E-state index contributed by atoms with van der Waals surface area (Å²) < 4.78 is 0. The summed E-state index contributed by atoms with van der Waals surface area (Å²) in [7, 11) is 0. The van der Waals surface area contributed by atoms with Gasteiger partial charge in [0.15, 0.2) is 0 Å². The Bertz CT molecular complexity index is 464. The Labute approximate surface area is 130 Å². The average Bonchev–Trinajstić information content (AvgIpc) is 2.50. The van der Waals surface area contributed by atoms with Crippen molar-refractivity contribution < 1.29 is 0 Å². The molecule has 0 saturated carbocycles. The van der Waals surface area contributed by atoms with Crippen molar-refractivity contribution in [3.63, 3.8) is 0 Å². The molecule has 0 saturated heterocycles. The minimum absolute atomic E-state index is 0.402. The number of hydrogen-bond donors (Lipinski definition) is 1. The summed E-state index contributed by atoms with van der Waals surface area (Å²) >= 11 is 0. The molecule has 116 valence electrons. The second-order valence-corrected chi connectivity index (χ2v) is 5.84. The number of nitrogens with one attached hydrogen (secondary N) is 1. The number of hydrogen-bond acceptors (Lipinski definition) is 3. The molecule has 1 aromatic rings. The number of anilines is 1. The third-order valence-electron chi connectivity index (χ3n) is 3.95. The van der Waals surface area contributed by atoms with Crippen molar-refractivity contribution in [2.45, 2.75) is 52.5 Å². The smallest absolute Gasteiger partial charge is 0.103 e. The van der Waals surface area contributed by atoms with E-state index in [4.69, 9.17) is 0 Å². The van der Waals surface area contributed by atoms with E-state index in [2.05, 4.69) is 61.3 Å². The van der Waals surface area contributed by atoms with Gasteiger partial charge in [-0.15, -0.1) is 0 Å². The van der Waals surface area contributed by atoms with Crippen LogP contribution in [0.25, 0.3) is 0 Å². The third kappa shape index (κ3) is 5.40. The molecule has 0 aliphatic rings. The molecule has 1 unspecified atom stereocenters. The lowest BCUT2D eigenvalue weighted by Gasteiger charge is -2.28. The Balaban J connectivity index is 2.56. The fourth-order valence-corrected chi connectivity index (χ4v) is 2.58. The zero-order chi connectivity index (χ0) is 15.7. The molecule has 1 atom stereocenters. The SMILES string of the molecule is CCCNC(C)(C#N)CCCN(CC)c1ccccc1C. The molecule has 0 aliphatic heterocycles. The number of nitrogens with zero attached hydrogens (tertiary/aromatic N) is 2. The van der Waals surface area contributed by atoms with Crippen LogP contribution in [0.3, 0.4) is 0 Å². The van der Waals surface area contributed by atoms with E-state index in [9.17, 15) is 5.26 Å². The quantitative estimate of drug-likeness (QED) is 0.749. The van der Waals surface area contributed by atoms with Crippen LogP contribution in [0.5, 0.6) is 0 Å². The van der Waals surface area contributed by atoms with Gasteiger partial charge in [-0.25, -0.2) is 0 Å². The van der Waals surface area contributed by atoms with Crippen LogP contribution in [-0.4, -0.2) is 25.2 Å². The number of para-hydroxylation sites is 1. The van der Waals surface area contributed by atoms with Crippen LogP contribution >= 0.6 is 0 Å². The minimum Gasteiger partial charge on any atom is -0.372 e. The van der Waals surface area contributed by atoms with E-state index < -0.39 is 5.54 Å². The molecule has 1 aromatic carbocycles. The Morgan fingerprint density at radius 3 is 2.57 bits per heavy atom. The molecule has 0 aromatic heterocycles. The highest BCUT2D eigenvalue weighted by atomic mass is 15.1. The fourth-order valence-electron chi connectivity index (χ4n) is 2.58. The van der Waals surface area contributed by atoms with E-state index in [0.717, 1.165) is 38.9 Å². The van der Waals surface area contributed by atoms with Crippen molar-refractivity contribution in [3.8, 4) is 6.07 Å². The van der Waals surface area contributed by atoms with Gasteiger partial charge >= 0.3 is 0 Å². The standard InChI is InChI=1S/C18H29N3/c1-5-13-20-18(4,15-19)12-9-14-21(6-2)17-11-8-7-10-16(17)3/h7-8,10-11,20H,5-6,9,12-14H2,1-4H3. The van der Waals surface area contributed by atoms with Gasteiger partial charge in [0, 0.05) is 18.8 Å². The first kappa shape index (κ1) is 17.5. The van der Waals surface area contributed by atoms with E-state index in [1.54, 1.807) is 0 Å². The van der Waals surface area contributed by atoms with Crippen molar-refractivity contribution >= 4 is 5.69 Å². The van der Waals surface area contributed by atoms with Crippen molar-refractivity contribution in [2.24, 2.45) is 0 Å². The largest absolute Gasteiger partial charge is 0.372 e. The molecule has 0 bridgehead atoms. The molecule has 0 amide bonds. The number of nitriles is 1. The molecule has 3 nitrogen and oxygen atoms in total. The van der Waals surface area contributed by atoms with Crippen LogP contribution in [0.4, 0.5) is 5.69 Å². The maximum atomic E-state index is 9.37. The summed E-state index contributed by atoms with van der Waals surface area (Å²) in [6.07, 6.45) is 2.95. The molecule has 1 N–H and O–H groups in total. The van der Waals surface area contributed by atoms with E-state index in [-0.39, 0.29) is 0 Å². The van der Waals surface area contributed by atoms with Crippen molar-refractivity contribution in [3.05, 3.63) is 29.8 Å². The first-order valence-electron chi connectivity index (χ1n) is 8.03. The Morgan fingerprint density at radius 1 is 1.29 bits per heavy atom. The molecule has 1 rings (SSSR count). The van der Waals surface area contributed by atoms with Crippen molar-refractivity contribution in [1.82, 2.24) is 5.32 Å². The monoisotopic (exact) mass is 287 g/mol. The van der Waals surface area contributed by atoms with Gasteiger partial charge in [0.25, 0.3) is 0 Å². The van der Waals surface area contributed by atoms with Crippen LogP contribution in [0, 0.1) is 18.3 Å². The van der Waals surface area contributed by atoms with Crippen LogP contribution in [0.15, 0.2) is 24.3 Å². The Hall–Kier alpha value is -1.53. The molecule has 0 heterocycles. The van der Waals surface area contributed by atoms with Gasteiger partial charge in [-0.2, -0.15) is 5.26 Å². The summed E-state index contributed by atoms with van der Waals surface area (Å²) in [5, 5.41) is 12.7. The predicted octanol–water partition coefficient (Wildman–Crippen LogP) is 3.88. The number of benzene rings is 1. The number of aryl methyl sites for hydroxylation is 1. The topological polar surface area (TPSA) is 39.1 Å². The van der Waals surface area contributed by atoms with Gasteiger partial charge in [0.1, 0.15) is 5.54 Å². The first-order chi connectivity index (χ1) is 10.1. The maximum Gasteiger partial charge on any atom is 0.103 e. The van der Waals surface area contributed by atoms with Gasteiger partial charge in [0.05, 0.1) is 6.07 Å². The molecule has 0 radical (unpaired) electrons. The van der Waals surface area contributed by atoms with Gasteiger partial charge < -0.3 is 4.90 Å². The van der Waals surface area contributed by atoms with Gasteiger partial charge in [-0.1, -0.05) is 25.1 Å². The second kappa shape index (κ2) is 8.69. The number of rotatable bonds is 9. The van der Waals surface area contributed by atoms with E-state index in [1.165, 1.54) is 11.3 Å². The molecule has 3 heteroatoms. The van der Waals surface area contributed by atoms with Crippen LogP contribution in [0.1, 0.15) is 45.6 Å². The Kier molecular flexibility index (Phi) is 7.25. The molecule has 0 spiro atoms. The summed E-state index contributed by atoms with van der Waals surface area (Å²) in [6, 6.07) is 10.9. The normalized spacial score (nSPS) is 13.5. The maximum absolute atomic E-state index is 9.37. The van der Waals surface area contributed by atoms with Crippen molar-refractivity contribution in [2.75, 3.05) is 24.5 Å². The van der Waals surface area contributed by atoms with Gasteiger partial charge in [0.2, 0.25) is 0 Å². The van der Waals surface area contributed by atoms with Gasteiger partial charge in [-0.3, -0.25) is 5.32 Å². The first-order valence-corrected chi connectivity index (χ1v) is 8.03. The molecule has 0 aliphatic carbocycles. The highest BCUT2D eigenvalue weighted by Gasteiger charge is 2.22. The minimum atomic E-state index is -0.402. The third-order valence-corrected chi connectivity index (χ3v) is 3.95. The summed E-state index contributed by atoms with van der Waals surface area (Å²) in [5.74, 6) is 0. The highest BCUT2D eigenvalue weighted by molar-refractivity contribution is 5.52. The summed E-state index contributed by atoms with van der Waals surface area (Å²) in [4.78, 5) is 2.40. The lowest BCUT2D eigenvalue weighted by molar-refractivity contribution is 0.407. The van der Waals surface area contributed by atoms with Crippen LogP contribution < -0.4 is 10.2 Å². The van der Waals surface area contributed by atoms with E-state index in [1.807, 2.05) is 6.92 Å².